The Bertz CT molecular complexity index is 278. The normalized spacial score (nSPS) is 58.9. The van der Waals surface area contributed by atoms with E-state index in [1.165, 1.54) is 6.42 Å². The summed E-state index contributed by atoms with van der Waals surface area (Å²) >= 11 is 0. The average molecular weight is 188 g/mol. The first-order valence-corrected chi connectivity index (χ1v) is 6.58. The van der Waals surface area contributed by atoms with Crippen LogP contribution >= 0.6 is 0 Å². The van der Waals surface area contributed by atoms with Gasteiger partial charge >= 0.3 is 0 Å². The summed E-state index contributed by atoms with van der Waals surface area (Å²) in [6.07, 6.45) is 14.5. The molecule has 0 aliphatic heterocycles. The lowest BCUT2D eigenvalue weighted by Crippen LogP contribution is -2.24. The van der Waals surface area contributed by atoms with E-state index in [1.54, 1.807) is 32.1 Å². The third kappa shape index (κ3) is 0.951. The SMILES string of the molecule is C1=CC2CC1CC2C1CC2CCC1C2. The molecular formula is C14H20. The summed E-state index contributed by atoms with van der Waals surface area (Å²) in [5.74, 6) is 6.55. The number of rotatable bonds is 1. The van der Waals surface area contributed by atoms with E-state index in [9.17, 15) is 0 Å². The van der Waals surface area contributed by atoms with Gasteiger partial charge in [0.2, 0.25) is 0 Å². The van der Waals surface area contributed by atoms with Crippen molar-refractivity contribution in [1.82, 2.24) is 0 Å². The summed E-state index contributed by atoms with van der Waals surface area (Å²) in [7, 11) is 0. The Morgan fingerprint density at radius 1 is 0.786 bits per heavy atom. The molecule has 3 fully saturated rings. The fourth-order valence-electron chi connectivity index (χ4n) is 5.13. The van der Waals surface area contributed by atoms with Crippen molar-refractivity contribution in [3.8, 4) is 0 Å². The molecule has 4 aliphatic rings. The van der Waals surface area contributed by atoms with Crippen LogP contribution in [0, 0.1) is 35.5 Å². The summed E-state index contributed by atoms with van der Waals surface area (Å²) in [6, 6.07) is 0. The highest BCUT2D eigenvalue weighted by molar-refractivity contribution is 5.12. The summed E-state index contributed by atoms with van der Waals surface area (Å²) in [6.45, 7) is 0. The predicted octanol–water partition coefficient (Wildman–Crippen LogP) is 3.63. The topological polar surface area (TPSA) is 0 Å². The molecule has 14 heavy (non-hydrogen) atoms. The van der Waals surface area contributed by atoms with Gasteiger partial charge in [0.05, 0.1) is 0 Å². The standard InChI is InChI=1S/C14H20/c1-3-11-5-9(1)7-13(11)14-8-10-2-4-12(14)6-10/h1,3,9-14H,2,4-8H2. The molecule has 0 aromatic rings. The van der Waals surface area contributed by atoms with Gasteiger partial charge in [-0.2, -0.15) is 0 Å². The summed E-state index contributed by atoms with van der Waals surface area (Å²) < 4.78 is 0. The Hall–Kier alpha value is -0.260. The third-order valence-electron chi connectivity index (χ3n) is 5.67. The van der Waals surface area contributed by atoms with Crippen molar-refractivity contribution < 1.29 is 0 Å². The zero-order valence-electron chi connectivity index (χ0n) is 8.86. The molecule has 6 unspecified atom stereocenters. The van der Waals surface area contributed by atoms with E-state index >= 15 is 0 Å². The number of hydrogen-bond donors (Lipinski definition) is 0. The molecule has 76 valence electrons. The minimum absolute atomic E-state index is 0.990. The first kappa shape index (κ1) is 7.96. The van der Waals surface area contributed by atoms with Crippen LogP contribution in [-0.2, 0) is 0 Å². The average Bonchev–Trinajstić information content (AvgIpc) is 2.96. The molecule has 0 aromatic heterocycles. The molecule has 3 saturated carbocycles. The smallest absolute Gasteiger partial charge is 0.0196 e. The molecule has 0 amide bonds. The van der Waals surface area contributed by atoms with Crippen LogP contribution in [0.5, 0.6) is 0 Å². The van der Waals surface area contributed by atoms with Gasteiger partial charge < -0.3 is 0 Å². The van der Waals surface area contributed by atoms with Gasteiger partial charge in [0.25, 0.3) is 0 Å². The van der Waals surface area contributed by atoms with E-state index in [4.69, 9.17) is 0 Å². The van der Waals surface area contributed by atoms with Gasteiger partial charge in [-0.25, -0.2) is 0 Å². The van der Waals surface area contributed by atoms with Crippen molar-refractivity contribution in [2.75, 3.05) is 0 Å². The van der Waals surface area contributed by atoms with Crippen LogP contribution < -0.4 is 0 Å². The Morgan fingerprint density at radius 3 is 2.36 bits per heavy atom. The van der Waals surface area contributed by atoms with E-state index in [0.717, 1.165) is 35.5 Å². The highest BCUT2D eigenvalue weighted by atomic mass is 14.5. The van der Waals surface area contributed by atoms with Crippen molar-refractivity contribution in [2.45, 2.75) is 38.5 Å². The molecule has 4 rings (SSSR count). The first-order valence-electron chi connectivity index (χ1n) is 6.58. The molecule has 0 nitrogen and oxygen atoms in total. The molecular weight excluding hydrogens is 168 g/mol. The van der Waals surface area contributed by atoms with Crippen molar-refractivity contribution in [3.05, 3.63) is 12.2 Å². The van der Waals surface area contributed by atoms with Crippen LogP contribution in [-0.4, -0.2) is 0 Å². The van der Waals surface area contributed by atoms with Crippen molar-refractivity contribution in [2.24, 2.45) is 35.5 Å². The second-order valence-corrected chi connectivity index (χ2v) is 6.28. The lowest BCUT2D eigenvalue weighted by atomic mass is 9.74. The van der Waals surface area contributed by atoms with Crippen LogP contribution in [0.1, 0.15) is 38.5 Å². The monoisotopic (exact) mass is 188 g/mol. The van der Waals surface area contributed by atoms with Crippen LogP contribution in [0.25, 0.3) is 0 Å². The molecule has 0 N–H and O–H groups in total. The van der Waals surface area contributed by atoms with Crippen molar-refractivity contribution >= 4 is 0 Å². The summed E-state index contributed by atoms with van der Waals surface area (Å²) in [5.41, 5.74) is 0. The molecule has 0 heterocycles. The van der Waals surface area contributed by atoms with Gasteiger partial charge in [-0.05, 0) is 67.6 Å². The molecule has 4 bridgehead atoms. The van der Waals surface area contributed by atoms with E-state index in [-0.39, 0.29) is 0 Å². The Balaban J connectivity index is 1.57. The van der Waals surface area contributed by atoms with Crippen LogP contribution in [0.2, 0.25) is 0 Å². The Morgan fingerprint density at radius 2 is 1.79 bits per heavy atom. The maximum absolute atomic E-state index is 2.55. The lowest BCUT2D eigenvalue weighted by Gasteiger charge is -2.31. The van der Waals surface area contributed by atoms with Gasteiger partial charge in [-0.15, -0.1) is 0 Å². The summed E-state index contributed by atoms with van der Waals surface area (Å²) in [4.78, 5) is 0. The minimum Gasteiger partial charge on any atom is -0.0851 e. The van der Waals surface area contributed by atoms with Crippen molar-refractivity contribution in [3.63, 3.8) is 0 Å². The molecule has 0 heteroatoms. The zero-order chi connectivity index (χ0) is 9.12. The van der Waals surface area contributed by atoms with Gasteiger partial charge in [0.15, 0.2) is 0 Å². The van der Waals surface area contributed by atoms with Crippen LogP contribution in [0.4, 0.5) is 0 Å². The fourth-order valence-corrected chi connectivity index (χ4v) is 5.13. The molecule has 0 aromatic carbocycles. The molecule has 0 saturated heterocycles. The third-order valence-corrected chi connectivity index (χ3v) is 5.67. The molecule has 0 radical (unpaired) electrons. The maximum Gasteiger partial charge on any atom is -0.0196 e. The highest BCUT2D eigenvalue weighted by Gasteiger charge is 2.48. The van der Waals surface area contributed by atoms with Gasteiger partial charge in [-0.1, -0.05) is 18.6 Å². The van der Waals surface area contributed by atoms with Gasteiger partial charge in [0.1, 0.15) is 0 Å². The Labute approximate surface area is 86.8 Å². The largest absolute Gasteiger partial charge is 0.0851 e. The number of fused-ring (bicyclic) bond motifs is 4. The lowest BCUT2D eigenvalue weighted by molar-refractivity contribution is 0.200. The van der Waals surface area contributed by atoms with E-state index in [2.05, 4.69) is 12.2 Å². The number of hydrogen-bond acceptors (Lipinski definition) is 0. The summed E-state index contributed by atoms with van der Waals surface area (Å²) in [5, 5.41) is 0. The maximum atomic E-state index is 2.55. The molecule has 4 aliphatic carbocycles. The highest BCUT2D eigenvalue weighted by Crippen LogP contribution is 2.57. The predicted molar refractivity (Wildman–Crippen MR) is 57.8 cm³/mol. The zero-order valence-corrected chi connectivity index (χ0v) is 8.86. The fraction of sp³-hybridized carbons (Fsp3) is 0.857. The number of allylic oxidation sites excluding steroid dienone is 2. The van der Waals surface area contributed by atoms with Gasteiger partial charge in [0, 0.05) is 0 Å². The van der Waals surface area contributed by atoms with E-state index in [0.29, 0.717) is 0 Å². The molecule has 0 spiro atoms. The quantitative estimate of drug-likeness (QED) is 0.551. The Kier molecular flexibility index (Phi) is 1.51. The van der Waals surface area contributed by atoms with E-state index < -0.39 is 0 Å². The van der Waals surface area contributed by atoms with E-state index in [1.807, 2.05) is 0 Å². The second-order valence-electron chi connectivity index (χ2n) is 6.28. The van der Waals surface area contributed by atoms with Crippen molar-refractivity contribution in [1.29, 1.82) is 0 Å². The first-order chi connectivity index (χ1) is 6.90. The minimum atomic E-state index is 0.990. The van der Waals surface area contributed by atoms with Crippen LogP contribution in [0.3, 0.4) is 0 Å². The van der Waals surface area contributed by atoms with Crippen LogP contribution in [0.15, 0.2) is 12.2 Å². The second kappa shape index (κ2) is 2.65. The molecule has 6 atom stereocenters. The van der Waals surface area contributed by atoms with Gasteiger partial charge in [-0.3, -0.25) is 0 Å².